The van der Waals surface area contributed by atoms with E-state index in [1.165, 1.54) is 0 Å². The van der Waals surface area contributed by atoms with Crippen molar-refractivity contribution in [3.63, 3.8) is 0 Å². The molecule has 0 heterocycles. The van der Waals surface area contributed by atoms with Gasteiger partial charge in [-0.15, -0.1) is 0 Å². The van der Waals surface area contributed by atoms with Crippen molar-refractivity contribution < 1.29 is 9.59 Å². The lowest BCUT2D eigenvalue weighted by Gasteiger charge is -2.07. The van der Waals surface area contributed by atoms with Crippen LogP contribution >= 0.6 is 15.9 Å². The second-order valence-corrected chi connectivity index (χ2v) is 5.24. The van der Waals surface area contributed by atoms with Gasteiger partial charge in [-0.3, -0.25) is 9.59 Å². The smallest absolute Gasteiger partial charge is 0.159 e. The van der Waals surface area contributed by atoms with Gasteiger partial charge >= 0.3 is 0 Å². The van der Waals surface area contributed by atoms with E-state index >= 15 is 0 Å². The molecular weight excluding hydrogens is 304 g/mol. The van der Waals surface area contributed by atoms with Crippen molar-refractivity contribution in [2.75, 3.05) is 0 Å². The van der Waals surface area contributed by atoms with E-state index < -0.39 is 0 Å². The standard InChI is InChI=1S/C16H13BrO2/c1-10(18)12-3-5-13(6-4-12)15-8-7-14(11(2)19)9-16(15)17/h3-9H,1-2H3. The lowest BCUT2D eigenvalue weighted by Crippen LogP contribution is -1.93. The molecule has 0 atom stereocenters. The minimum Gasteiger partial charge on any atom is -0.295 e. The molecule has 2 rings (SSSR count). The van der Waals surface area contributed by atoms with E-state index in [4.69, 9.17) is 0 Å². The van der Waals surface area contributed by atoms with Gasteiger partial charge in [0.05, 0.1) is 0 Å². The molecule has 0 N–H and O–H groups in total. The lowest BCUT2D eigenvalue weighted by atomic mass is 10.0. The minimum atomic E-state index is 0.0409. The Kier molecular flexibility index (Phi) is 3.96. The Morgan fingerprint density at radius 3 is 1.84 bits per heavy atom. The third-order valence-corrected chi connectivity index (χ3v) is 3.63. The second-order valence-electron chi connectivity index (χ2n) is 4.38. The van der Waals surface area contributed by atoms with Crippen LogP contribution in [0.1, 0.15) is 34.6 Å². The van der Waals surface area contributed by atoms with E-state index in [0.29, 0.717) is 11.1 Å². The molecule has 0 spiro atoms. The van der Waals surface area contributed by atoms with E-state index in [1.54, 1.807) is 19.9 Å². The van der Waals surface area contributed by atoms with Crippen LogP contribution in [-0.4, -0.2) is 11.6 Å². The number of carbonyl (C=O) groups excluding carboxylic acids is 2. The summed E-state index contributed by atoms with van der Waals surface area (Å²) in [6.07, 6.45) is 0. The molecule has 0 saturated carbocycles. The molecule has 2 nitrogen and oxygen atoms in total. The summed E-state index contributed by atoms with van der Waals surface area (Å²) in [6, 6.07) is 13.0. The maximum atomic E-state index is 11.3. The van der Waals surface area contributed by atoms with Gasteiger partial charge < -0.3 is 0 Å². The van der Waals surface area contributed by atoms with E-state index in [-0.39, 0.29) is 11.6 Å². The Labute approximate surface area is 120 Å². The molecule has 0 fully saturated rings. The van der Waals surface area contributed by atoms with Gasteiger partial charge in [-0.2, -0.15) is 0 Å². The van der Waals surface area contributed by atoms with Crippen LogP contribution in [0, 0.1) is 0 Å². The molecular formula is C16H13BrO2. The highest BCUT2D eigenvalue weighted by atomic mass is 79.9. The number of carbonyl (C=O) groups is 2. The number of benzene rings is 2. The van der Waals surface area contributed by atoms with Gasteiger partial charge in [0.1, 0.15) is 0 Å². The monoisotopic (exact) mass is 316 g/mol. The molecule has 0 aliphatic carbocycles. The number of hydrogen-bond donors (Lipinski definition) is 0. The Hall–Kier alpha value is -1.74. The summed E-state index contributed by atoms with van der Waals surface area (Å²) < 4.78 is 0.871. The van der Waals surface area contributed by atoms with Gasteiger partial charge in [0.15, 0.2) is 11.6 Å². The minimum absolute atomic E-state index is 0.0409. The van der Waals surface area contributed by atoms with Crippen LogP contribution in [0.4, 0.5) is 0 Å². The van der Waals surface area contributed by atoms with Crippen molar-refractivity contribution >= 4 is 27.5 Å². The summed E-state index contributed by atoms with van der Waals surface area (Å²) in [5, 5.41) is 0. The van der Waals surface area contributed by atoms with E-state index in [1.807, 2.05) is 36.4 Å². The highest BCUT2D eigenvalue weighted by Crippen LogP contribution is 2.29. The Balaban J connectivity index is 2.41. The second kappa shape index (κ2) is 5.49. The third kappa shape index (κ3) is 2.99. The van der Waals surface area contributed by atoms with Crippen molar-refractivity contribution in [3.8, 4) is 11.1 Å². The van der Waals surface area contributed by atoms with Crippen LogP contribution in [0.5, 0.6) is 0 Å². The first-order valence-corrected chi connectivity index (χ1v) is 6.70. The van der Waals surface area contributed by atoms with Gasteiger partial charge in [-0.05, 0) is 31.0 Å². The molecule has 0 unspecified atom stereocenters. The predicted octanol–water partition coefficient (Wildman–Crippen LogP) is 4.52. The summed E-state index contributed by atoms with van der Waals surface area (Å²) in [6.45, 7) is 3.09. The number of Topliss-reactive ketones (excluding diaryl/α,β-unsaturated/α-hetero) is 2. The maximum Gasteiger partial charge on any atom is 0.159 e. The lowest BCUT2D eigenvalue weighted by molar-refractivity contribution is 0.100. The zero-order valence-electron chi connectivity index (χ0n) is 10.7. The number of halogens is 1. The molecule has 96 valence electrons. The fraction of sp³-hybridized carbons (Fsp3) is 0.125. The van der Waals surface area contributed by atoms with Crippen LogP contribution in [0.3, 0.4) is 0 Å². The topological polar surface area (TPSA) is 34.1 Å². The van der Waals surface area contributed by atoms with E-state index in [2.05, 4.69) is 15.9 Å². The molecule has 0 amide bonds. The van der Waals surface area contributed by atoms with Crippen LogP contribution in [0.25, 0.3) is 11.1 Å². The summed E-state index contributed by atoms with van der Waals surface area (Å²) in [4.78, 5) is 22.5. The van der Waals surface area contributed by atoms with Crippen molar-refractivity contribution in [2.45, 2.75) is 13.8 Å². The van der Waals surface area contributed by atoms with Crippen LogP contribution in [0.2, 0.25) is 0 Å². The molecule has 19 heavy (non-hydrogen) atoms. The van der Waals surface area contributed by atoms with Crippen molar-refractivity contribution in [3.05, 3.63) is 58.1 Å². The quantitative estimate of drug-likeness (QED) is 0.780. The highest BCUT2D eigenvalue weighted by Gasteiger charge is 2.07. The molecule has 0 aliphatic heterocycles. The first kappa shape index (κ1) is 13.7. The van der Waals surface area contributed by atoms with Crippen molar-refractivity contribution in [2.24, 2.45) is 0 Å². The Morgan fingerprint density at radius 2 is 1.37 bits per heavy atom. The third-order valence-electron chi connectivity index (χ3n) is 2.98. The molecule has 0 bridgehead atoms. The fourth-order valence-corrected chi connectivity index (χ4v) is 2.46. The van der Waals surface area contributed by atoms with Gasteiger partial charge in [0.25, 0.3) is 0 Å². The molecule has 3 heteroatoms. The Bertz CT molecular complexity index is 642. The summed E-state index contributed by atoms with van der Waals surface area (Å²) in [5.41, 5.74) is 3.38. The Morgan fingerprint density at radius 1 is 0.842 bits per heavy atom. The fourth-order valence-electron chi connectivity index (χ4n) is 1.85. The van der Waals surface area contributed by atoms with Gasteiger partial charge in [-0.25, -0.2) is 0 Å². The average Bonchev–Trinajstić information content (AvgIpc) is 2.38. The number of ketones is 2. The van der Waals surface area contributed by atoms with E-state index in [0.717, 1.165) is 15.6 Å². The normalized spacial score (nSPS) is 10.3. The summed E-state index contributed by atoms with van der Waals surface area (Å²) in [5.74, 6) is 0.0942. The van der Waals surface area contributed by atoms with E-state index in [9.17, 15) is 9.59 Å². The van der Waals surface area contributed by atoms with Crippen molar-refractivity contribution in [1.82, 2.24) is 0 Å². The van der Waals surface area contributed by atoms with Crippen LogP contribution < -0.4 is 0 Å². The number of rotatable bonds is 3. The van der Waals surface area contributed by atoms with Gasteiger partial charge in [0, 0.05) is 15.6 Å². The number of hydrogen-bond acceptors (Lipinski definition) is 2. The first-order valence-electron chi connectivity index (χ1n) is 5.91. The highest BCUT2D eigenvalue weighted by molar-refractivity contribution is 9.10. The van der Waals surface area contributed by atoms with Crippen LogP contribution in [-0.2, 0) is 0 Å². The molecule has 2 aromatic rings. The van der Waals surface area contributed by atoms with Crippen LogP contribution in [0.15, 0.2) is 46.9 Å². The van der Waals surface area contributed by atoms with Gasteiger partial charge in [0.2, 0.25) is 0 Å². The molecule has 0 aromatic heterocycles. The largest absolute Gasteiger partial charge is 0.295 e. The maximum absolute atomic E-state index is 11.3. The van der Waals surface area contributed by atoms with Gasteiger partial charge in [-0.1, -0.05) is 52.3 Å². The predicted molar refractivity (Wildman–Crippen MR) is 79.6 cm³/mol. The molecule has 0 aliphatic rings. The van der Waals surface area contributed by atoms with Crippen molar-refractivity contribution in [1.29, 1.82) is 0 Å². The molecule has 0 saturated heterocycles. The molecule has 0 radical (unpaired) electrons. The average molecular weight is 317 g/mol. The summed E-state index contributed by atoms with van der Waals surface area (Å²) >= 11 is 3.48. The molecule has 2 aromatic carbocycles. The SMILES string of the molecule is CC(=O)c1ccc(-c2ccc(C(C)=O)cc2Br)cc1. The first-order chi connectivity index (χ1) is 8.99. The zero-order chi connectivity index (χ0) is 14.0. The summed E-state index contributed by atoms with van der Waals surface area (Å²) in [7, 11) is 0. The zero-order valence-corrected chi connectivity index (χ0v) is 12.3.